The predicted molar refractivity (Wildman–Crippen MR) is 155 cm³/mol. The molecule has 0 spiro atoms. The van der Waals surface area contributed by atoms with E-state index in [1.54, 1.807) is 0 Å². The fourth-order valence-electron chi connectivity index (χ4n) is 5.00. The van der Waals surface area contributed by atoms with Gasteiger partial charge in [-0.25, -0.2) is 0 Å². The van der Waals surface area contributed by atoms with Crippen molar-refractivity contribution in [1.82, 2.24) is 5.32 Å². The summed E-state index contributed by atoms with van der Waals surface area (Å²) in [4.78, 5) is 26.2. The highest BCUT2D eigenvalue weighted by Gasteiger charge is 2.40. The van der Waals surface area contributed by atoms with Gasteiger partial charge in [0.1, 0.15) is 0 Å². The first-order valence-corrected chi connectivity index (χ1v) is 16.1. The third-order valence-corrected chi connectivity index (χ3v) is 7.33. The van der Waals surface area contributed by atoms with E-state index in [-0.39, 0.29) is 11.8 Å². The average Bonchev–Trinajstić information content (AvgIpc) is 2.86. The lowest BCUT2D eigenvalue weighted by molar-refractivity contribution is -0.173. The van der Waals surface area contributed by atoms with Crippen molar-refractivity contribution >= 4 is 11.8 Å². The number of ketones is 1. The fourth-order valence-corrected chi connectivity index (χ4v) is 5.00. The molecule has 1 atom stereocenters. The highest BCUT2D eigenvalue weighted by Crippen LogP contribution is 2.24. The Labute approximate surface area is 225 Å². The van der Waals surface area contributed by atoms with Gasteiger partial charge in [-0.05, 0) is 25.8 Å². The van der Waals surface area contributed by atoms with Crippen LogP contribution in [-0.4, -0.2) is 24.0 Å². The SMILES string of the molecule is CCCCCCCCCCCC(=O)OC(CCCCC)(NCC)C(=O)CCCCCCCCCCC. The Balaban J connectivity index is 4.52. The summed E-state index contributed by atoms with van der Waals surface area (Å²) < 4.78 is 5.99. The maximum absolute atomic E-state index is 13.4. The van der Waals surface area contributed by atoms with Gasteiger partial charge in [0, 0.05) is 19.3 Å². The van der Waals surface area contributed by atoms with E-state index < -0.39 is 5.72 Å². The summed E-state index contributed by atoms with van der Waals surface area (Å²) in [6, 6.07) is 0. The lowest BCUT2D eigenvalue weighted by Crippen LogP contribution is -2.55. The van der Waals surface area contributed by atoms with E-state index in [0.29, 0.717) is 25.8 Å². The van der Waals surface area contributed by atoms with Crippen molar-refractivity contribution in [2.45, 2.75) is 188 Å². The van der Waals surface area contributed by atoms with Gasteiger partial charge in [0.25, 0.3) is 0 Å². The van der Waals surface area contributed by atoms with Gasteiger partial charge in [0.2, 0.25) is 5.72 Å². The third-order valence-electron chi connectivity index (χ3n) is 7.33. The van der Waals surface area contributed by atoms with Crippen LogP contribution in [0.25, 0.3) is 0 Å². The molecule has 0 bridgehead atoms. The number of rotatable bonds is 28. The summed E-state index contributed by atoms with van der Waals surface area (Å²) in [6.45, 7) is 9.28. The zero-order chi connectivity index (χ0) is 26.7. The molecular weight excluding hydrogens is 446 g/mol. The largest absolute Gasteiger partial charge is 0.436 e. The number of Topliss-reactive ketones (excluding diaryl/α,β-unsaturated/α-hetero) is 1. The zero-order valence-corrected chi connectivity index (χ0v) is 24.9. The summed E-state index contributed by atoms with van der Waals surface area (Å²) in [5.41, 5.74) is -1.12. The monoisotopic (exact) mass is 509 g/mol. The summed E-state index contributed by atoms with van der Waals surface area (Å²) in [5.74, 6) is -0.139. The maximum Gasteiger partial charge on any atom is 0.307 e. The number of unbranched alkanes of at least 4 members (excludes halogenated alkanes) is 18. The quantitative estimate of drug-likeness (QED) is 0.0647. The second kappa shape index (κ2) is 25.7. The Morgan fingerprint density at radius 3 is 1.36 bits per heavy atom. The van der Waals surface area contributed by atoms with Gasteiger partial charge in [-0.1, -0.05) is 143 Å². The molecular formula is C32H63NO3. The fraction of sp³-hybridized carbons (Fsp3) is 0.938. The Bertz CT molecular complexity index is 508. The van der Waals surface area contributed by atoms with Crippen molar-refractivity contribution in [2.24, 2.45) is 0 Å². The summed E-state index contributed by atoms with van der Waals surface area (Å²) in [6.07, 6.45) is 26.6. The zero-order valence-electron chi connectivity index (χ0n) is 24.9. The highest BCUT2D eigenvalue weighted by atomic mass is 16.6. The van der Waals surface area contributed by atoms with Crippen molar-refractivity contribution in [3.63, 3.8) is 0 Å². The van der Waals surface area contributed by atoms with Crippen molar-refractivity contribution in [3.8, 4) is 0 Å². The van der Waals surface area contributed by atoms with E-state index in [1.807, 2.05) is 6.92 Å². The molecule has 4 nitrogen and oxygen atoms in total. The Kier molecular flexibility index (Phi) is 25.1. The Morgan fingerprint density at radius 1 is 0.528 bits per heavy atom. The van der Waals surface area contributed by atoms with Crippen LogP contribution in [0.5, 0.6) is 0 Å². The molecule has 0 saturated heterocycles. The van der Waals surface area contributed by atoms with Gasteiger partial charge >= 0.3 is 5.97 Å². The summed E-state index contributed by atoms with van der Waals surface area (Å²) >= 11 is 0. The molecule has 0 rings (SSSR count). The lowest BCUT2D eigenvalue weighted by Gasteiger charge is -2.33. The molecule has 0 radical (unpaired) electrons. The van der Waals surface area contributed by atoms with Crippen LogP contribution in [0.15, 0.2) is 0 Å². The Hall–Kier alpha value is -0.900. The molecule has 0 aliphatic carbocycles. The van der Waals surface area contributed by atoms with Crippen LogP contribution in [-0.2, 0) is 14.3 Å². The van der Waals surface area contributed by atoms with Gasteiger partial charge < -0.3 is 4.74 Å². The van der Waals surface area contributed by atoms with Gasteiger partial charge in [0.05, 0.1) is 0 Å². The number of carbonyl (C=O) groups is 2. The molecule has 1 N–H and O–H groups in total. The highest BCUT2D eigenvalue weighted by molar-refractivity contribution is 5.89. The Morgan fingerprint density at radius 2 is 0.917 bits per heavy atom. The number of hydrogen-bond donors (Lipinski definition) is 1. The normalized spacial score (nSPS) is 13.0. The first kappa shape index (κ1) is 35.1. The first-order valence-electron chi connectivity index (χ1n) is 16.1. The number of hydrogen-bond acceptors (Lipinski definition) is 4. The number of nitrogens with one attached hydrogen (secondary N) is 1. The minimum atomic E-state index is -1.12. The first-order chi connectivity index (χ1) is 17.6. The molecule has 36 heavy (non-hydrogen) atoms. The molecule has 0 aromatic heterocycles. The van der Waals surface area contributed by atoms with Crippen LogP contribution >= 0.6 is 0 Å². The summed E-state index contributed by atoms with van der Waals surface area (Å²) in [5, 5.41) is 3.31. The molecule has 0 heterocycles. The van der Waals surface area contributed by atoms with E-state index in [2.05, 4.69) is 26.1 Å². The van der Waals surface area contributed by atoms with Gasteiger partial charge in [-0.2, -0.15) is 0 Å². The van der Waals surface area contributed by atoms with E-state index in [1.165, 1.54) is 89.9 Å². The van der Waals surface area contributed by atoms with Gasteiger partial charge in [0.15, 0.2) is 5.78 Å². The van der Waals surface area contributed by atoms with E-state index in [9.17, 15) is 9.59 Å². The molecule has 214 valence electrons. The molecule has 0 saturated carbocycles. The van der Waals surface area contributed by atoms with Crippen molar-refractivity contribution < 1.29 is 14.3 Å². The maximum atomic E-state index is 13.4. The van der Waals surface area contributed by atoms with Crippen LogP contribution in [0, 0.1) is 0 Å². The van der Waals surface area contributed by atoms with Crippen LogP contribution in [0.4, 0.5) is 0 Å². The summed E-state index contributed by atoms with van der Waals surface area (Å²) in [7, 11) is 0. The third kappa shape index (κ3) is 19.2. The van der Waals surface area contributed by atoms with E-state index in [4.69, 9.17) is 4.74 Å². The van der Waals surface area contributed by atoms with Crippen LogP contribution < -0.4 is 5.32 Å². The molecule has 0 amide bonds. The van der Waals surface area contributed by atoms with Crippen LogP contribution in [0.1, 0.15) is 182 Å². The molecule has 0 aromatic rings. The number of esters is 1. The molecule has 0 aliphatic heterocycles. The second-order valence-corrected chi connectivity index (χ2v) is 10.9. The van der Waals surface area contributed by atoms with Gasteiger partial charge in [-0.15, -0.1) is 0 Å². The van der Waals surface area contributed by atoms with Crippen molar-refractivity contribution in [1.29, 1.82) is 0 Å². The van der Waals surface area contributed by atoms with Crippen molar-refractivity contribution in [3.05, 3.63) is 0 Å². The molecule has 0 fully saturated rings. The topological polar surface area (TPSA) is 55.4 Å². The van der Waals surface area contributed by atoms with Crippen molar-refractivity contribution in [2.75, 3.05) is 6.54 Å². The molecule has 4 heteroatoms. The number of ether oxygens (including phenoxy) is 1. The minimum Gasteiger partial charge on any atom is -0.436 e. The van der Waals surface area contributed by atoms with E-state index in [0.717, 1.165) is 44.9 Å². The predicted octanol–water partition coefficient (Wildman–Crippen LogP) is 9.83. The molecule has 0 aliphatic rings. The minimum absolute atomic E-state index is 0.0730. The van der Waals surface area contributed by atoms with E-state index >= 15 is 0 Å². The lowest BCUT2D eigenvalue weighted by atomic mass is 9.95. The smallest absolute Gasteiger partial charge is 0.307 e. The number of likely N-dealkylation sites (N-methyl/N-ethyl adjacent to an activating group) is 1. The number of carbonyl (C=O) groups excluding carboxylic acids is 2. The average molecular weight is 510 g/mol. The second-order valence-electron chi connectivity index (χ2n) is 10.9. The van der Waals surface area contributed by atoms with Crippen LogP contribution in [0.3, 0.4) is 0 Å². The van der Waals surface area contributed by atoms with Crippen LogP contribution in [0.2, 0.25) is 0 Å². The van der Waals surface area contributed by atoms with Gasteiger partial charge in [-0.3, -0.25) is 14.9 Å². The molecule has 1 unspecified atom stereocenters. The standard InChI is InChI=1S/C32H63NO3/c1-5-9-12-14-16-18-20-22-24-27-30(34)32(33-8-4,29-26-11-7-3)36-31(35)28-25-23-21-19-17-15-13-10-6-2/h33H,5-29H2,1-4H3. The molecule has 0 aromatic carbocycles.